The Morgan fingerprint density at radius 3 is 2.50 bits per heavy atom. The Morgan fingerprint density at radius 1 is 1.88 bits per heavy atom. The van der Waals surface area contributed by atoms with E-state index < -0.39 is 5.91 Å². The zero-order valence-electron chi connectivity index (χ0n) is 4.60. The Bertz CT molecular complexity index is 96.6. The van der Waals surface area contributed by atoms with E-state index in [1.54, 1.807) is 0 Å². The lowest BCUT2D eigenvalue weighted by Crippen LogP contribution is -2.31. The smallest absolute Gasteiger partial charge is 0.299 e. The zero-order chi connectivity index (χ0) is 6.57. The van der Waals surface area contributed by atoms with Crippen LogP contribution in [0.1, 0.15) is 0 Å². The molecule has 4 nitrogen and oxygen atoms in total. The first-order chi connectivity index (χ1) is 3.72. The van der Waals surface area contributed by atoms with Crippen molar-refractivity contribution in [2.75, 3.05) is 7.11 Å². The van der Waals surface area contributed by atoms with Gasteiger partial charge in [0.05, 0.1) is 7.11 Å². The van der Waals surface area contributed by atoms with Gasteiger partial charge in [-0.3, -0.25) is 10.2 Å². The molecule has 0 radical (unpaired) electrons. The maximum absolute atomic E-state index is 10.3. The summed E-state index contributed by atoms with van der Waals surface area (Å²) in [4.78, 5) is 10.3. The highest BCUT2D eigenvalue weighted by Gasteiger charge is 2.00. The summed E-state index contributed by atoms with van der Waals surface area (Å²) in [5.74, 6) is 4.21. The number of rotatable bonds is 2. The van der Waals surface area contributed by atoms with Crippen molar-refractivity contribution in [3.63, 3.8) is 0 Å². The summed E-state index contributed by atoms with van der Waals surface area (Å²) in [6.45, 7) is 3.23. The Hall–Kier alpha value is -1.03. The second-order valence-corrected chi connectivity index (χ2v) is 1.10. The van der Waals surface area contributed by atoms with Crippen LogP contribution in [0.2, 0.25) is 0 Å². The minimum Gasteiger partial charge on any atom is -0.492 e. The molecule has 0 saturated carbocycles. The molecule has 0 rings (SSSR count). The van der Waals surface area contributed by atoms with Crippen molar-refractivity contribution in [2.24, 2.45) is 5.84 Å². The van der Waals surface area contributed by atoms with Crippen LogP contribution in [0.5, 0.6) is 0 Å². The number of carbonyl (C=O) groups is 1. The molecule has 0 saturated heterocycles. The van der Waals surface area contributed by atoms with E-state index >= 15 is 0 Å². The fourth-order valence-corrected chi connectivity index (χ4v) is 0.173. The van der Waals surface area contributed by atoms with E-state index in [0.29, 0.717) is 0 Å². The van der Waals surface area contributed by atoms with Crippen LogP contribution >= 0.6 is 0 Å². The van der Waals surface area contributed by atoms with E-state index in [1.807, 2.05) is 5.43 Å². The molecular formula is C4H8N2O2. The summed E-state index contributed by atoms with van der Waals surface area (Å²) in [7, 11) is 1.34. The van der Waals surface area contributed by atoms with Crippen LogP contribution in [0.3, 0.4) is 0 Å². The van der Waals surface area contributed by atoms with Gasteiger partial charge < -0.3 is 4.74 Å². The topological polar surface area (TPSA) is 64.3 Å². The third-order valence-corrected chi connectivity index (χ3v) is 0.631. The molecular weight excluding hydrogens is 108 g/mol. The van der Waals surface area contributed by atoms with Gasteiger partial charge in [-0.15, -0.1) is 0 Å². The number of ether oxygens (including phenoxy) is 1. The highest BCUT2D eigenvalue weighted by atomic mass is 16.5. The quantitative estimate of drug-likeness (QED) is 0.162. The van der Waals surface area contributed by atoms with Gasteiger partial charge in [-0.25, -0.2) is 5.84 Å². The molecule has 0 heterocycles. The summed E-state index contributed by atoms with van der Waals surface area (Å²) >= 11 is 0. The van der Waals surface area contributed by atoms with Crippen molar-refractivity contribution in [3.05, 3.63) is 12.3 Å². The van der Waals surface area contributed by atoms with Crippen molar-refractivity contribution >= 4 is 5.91 Å². The first kappa shape index (κ1) is 6.97. The van der Waals surface area contributed by atoms with Gasteiger partial charge in [0.2, 0.25) is 0 Å². The van der Waals surface area contributed by atoms with E-state index in [-0.39, 0.29) is 5.76 Å². The van der Waals surface area contributed by atoms with Crippen LogP contribution in [0, 0.1) is 0 Å². The molecule has 8 heavy (non-hydrogen) atoms. The van der Waals surface area contributed by atoms with Gasteiger partial charge in [-0.1, -0.05) is 6.58 Å². The Balaban J connectivity index is 3.64. The third kappa shape index (κ3) is 1.61. The van der Waals surface area contributed by atoms with Gasteiger partial charge in [0.25, 0.3) is 5.91 Å². The predicted octanol–water partition coefficient (Wildman–Crippen LogP) is -0.864. The van der Waals surface area contributed by atoms with E-state index in [4.69, 9.17) is 5.84 Å². The molecule has 4 heteroatoms. The molecule has 0 aliphatic carbocycles. The monoisotopic (exact) mass is 116 g/mol. The molecule has 0 aliphatic rings. The molecule has 0 aliphatic heterocycles. The number of nitrogens with two attached hydrogens (primary N) is 1. The normalized spacial score (nSPS) is 7.75. The predicted molar refractivity (Wildman–Crippen MR) is 28.5 cm³/mol. The summed E-state index contributed by atoms with van der Waals surface area (Å²) in [6.07, 6.45) is 0. The standard InChI is InChI=1S/C4H8N2O2/c1-3(8-2)4(7)6-5/h1,5H2,2H3,(H,6,7). The lowest BCUT2D eigenvalue weighted by molar-refractivity contribution is -0.120. The number of carbonyl (C=O) groups excluding carboxylic acids is 1. The second kappa shape index (κ2) is 3.04. The maximum Gasteiger partial charge on any atom is 0.299 e. The highest BCUT2D eigenvalue weighted by Crippen LogP contribution is 1.85. The molecule has 0 aromatic carbocycles. The van der Waals surface area contributed by atoms with E-state index in [9.17, 15) is 4.79 Å². The Kier molecular flexibility index (Phi) is 2.64. The lowest BCUT2D eigenvalue weighted by atomic mass is 10.5. The largest absolute Gasteiger partial charge is 0.492 e. The van der Waals surface area contributed by atoms with Crippen molar-refractivity contribution < 1.29 is 9.53 Å². The minimum absolute atomic E-state index is 0.00694. The van der Waals surface area contributed by atoms with Gasteiger partial charge in [0.1, 0.15) is 0 Å². The molecule has 0 bridgehead atoms. The van der Waals surface area contributed by atoms with Crippen LogP contribution in [0.4, 0.5) is 0 Å². The zero-order valence-corrected chi connectivity index (χ0v) is 4.60. The summed E-state index contributed by atoms with van der Waals surface area (Å²) in [5.41, 5.74) is 1.85. The molecule has 3 N–H and O–H groups in total. The first-order valence-corrected chi connectivity index (χ1v) is 1.96. The molecule has 1 amide bonds. The van der Waals surface area contributed by atoms with E-state index in [1.165, 1.54) is 7.11 Å². The van der Waals surface area contributed by atoms with Gasteiger partial charge in [-0.05, 0) is 0 Å². The number of methoxy groups -OCH3 is 1. The minimum atomic E-state index is -0.507. The SMILES string of the molecule is C=C(OC)C(=O)NN. The van der Waals surface area contributed by atoms with Crippen molar-refractivity contribution in [1.82, 2.24) is 5.43 Å². The van der Waals surface area contributed by atoms with Crippen LogP contribution in [0.15, 0.2) is 12.3 Å². The lowest BCUT2D eigenvalue weighted by Gasteiger charge is -1.98. The summed E-state index contributed by atoms with van der Waals surface area (Å²) < 4.78 is 4.42. The number of amides is 1. The van der Waals surface area contributed by atoms with Crippen molar-refractivity contribution in [3.8, 4) is 0 Å². The fourth-order valence-electron chi connectivity index (χ4n) is 0.173. The Morgan fingerprint density at radius 2 is 2.38 bits per heavy atom. The molecule has 0 spiro atoms. The van der Waals surface area contributed by atoms with Crippen LogP contribution < -0.4 is 11.3 Å². The molecule has 46 valence electrons. The maximum atomic E-state index is 10.3. The van der Waals surface area contributed by atoms with Crippen molar-refractivity contribution in [1.29, 1.82) is 0 Å². The molecule has 0 atom stereocenters. The van der Waals surface area contributed by atoms with Crippen LogP contribution in [-0.4, -0.2) is 13.0 Å². The molecule has 0 aromatic heterocycles. The van der Waals surface area contributed by atoms with Gasteiger partial charge in [0, 0.05) is 0 Å². The average molecular weight is 116 g/mol. The molecule has 0 fully saturated rings. The summed E-state index contributed by atoms with van der Waals surface area (Å²) in [6, 6.07) is 0. The fraction of sp³-hybridized carbons (Fsp3) is 0.250. The second-order valence-electron chi connectivity index (χ2n) is 1.10. The Labute approximate surface area is 47.3 Å². The van der Waals surface area contributed by atoms with Gasteiger partial charge in [-0.2, -0.15) is 0 Å². The van der Waals surface area contributed by atoms with Gasteiger partial charge >= 0.3 is 0 Å². The molecule has 0 aromatic rings. The number of nitrogens with one attached hydrogen (secondary N) is 1. The average Bonchev–Trinajstić information content (AvgIpc) is 1.84. The third-order valence-electron chi connectivity index (χ3n) is 0.631. The van der Waals surface area contributed by atoms with Gasteiger partial charge in [0.15, 0.2) is 5.76 Å². The highest BCUT2D eigenvalue weighted by molar-refractivity contribution is 5.90. The van der Waals surface area contributed by atoms with E-state index in [2.05, 4.69) is 11.3 Å². The van der Waals surface area contributed by atoms with Crippen LogP contribution in [-0.2, 0) is 9.53 Å². The van der Waals surface area contributed by atoms with Crippen LogP contribution in [0.25, 0.3) is 0 Å². The summed E-state index contributed by atoms with van der Waals surface area (Å²) in [5, 5.41) is 0. The number of hydrogen-bond acceptors (Lipinski definition) is 3. The molecule has 0 unspecified atom stereocenters. The van der Waals surface area contributed by atoms with Crippen molar-refractivity contribution in [2.45, 2.75) is 0 Å². The number of hydrogen-bond donors (Lipinski definition) is 2. The van der Waals surface area contributed by atoms with E-state index in [0.717, 1.165) is 0 Å². The first-order valence-electron chi connectivity index (χ1n) is 1.96. The number of hydrazine groups is 1.